The molecule has 0 saturated carbocycles. The van der Waals surface area contributed by atoms with E-state index in [0.717, 1.165) is 5.56 Å². The summed E-state index contributed by atoms with van der Waals surface area (Å²) in [5, 5.41) is 0. The third-order valence-corrected chi connectivity index (χ3v) is 2.20. The van der Waals surface area contributed by atoms with Gasteiger partial charge >= 0.3 is 7.82 Å². The van der Waals surface area contributed by atoms with Gasteiger partial charge in [-0.2, -0.15) is 0 Å². The average Bonchev–Trinajstić information content (AvgIpc) is 2.18. The Balaban J connectivity index is 2.68. The van der Waals surface area contributed by atoms with Crippen molar-refractivity contribution in [3.63, 3.8) is 0 Å². The van der Waals surface area contributed by atoms with Gasteiger partial charge in [0.05, 0.1) is 6.04 Å². The van der Waals surface area contributed by atoms with E-state index < -0.39 is 13.9 Å². The van der Waals surface area contributed by atoms with E-state index >= 15 is 0 Å². The summed E-state index contributed by atoms with van der Waals surface area (Å²) in [6.07, 6.45) is 1.96. The topological polar surface area (TPSA) is 110 Å². The van der Waals surface area contributed by atoms with Gasteiger partial charge in [-0.05, 0) is 24.1 Å². The molecule has 1 rings (SSSR count). The molecule has 0 bridgehead atoms. The second kappa shape index (κ2) is 5.23. The maximum absolute atomic E-state index is 10.5. The predicted molar refractivity (Wildman–Crippen MR) is 56.5 cm³/mol. The third-order valence-electron chi connectivity index (χ3n) is 1.75. The molecule has 1 aromatic rings. The van der Waals surface area contributed by atoms with Crippen LogP contribution in [0.15, 0.2) is 24.3 Å². The first-order valence-electron chi connectivity index (χ1n) is 4.38. The van der Waals surface area contributed by atoms with E-state index in [0.29, 0.717) is 6.42 Å². The van der Waals surface area contributed by atoms with E-state index in [9.17, 15) is 9.36 Å². The maximum Gasteiger partial charge on any atom is 0.524 e. The normalized spacial score (nSPS) is 13.2. The van der Waals surface area contributed by atoms with Crippen LogP contribution in [0.3, 0.4) is 0 Å². The molecule has 0 saturated heterocycles. The van der Waals surface area contributed by atoms with Gasteiger partial charge in [-0.25, -0.2) is 4.57 Å². The van der Waals surface area contributed by atoms with Gasteiger partial charge in [0.1, 0.15) is 5.75 Å². The summed E-state index contributed by atoms with van der Waals surface area (Å²) in [7, 11) is -4.52. The van der Waals surface area contributed by atoms with Crippen molar-refractivity contribution in [3.05, 3.63) is 29.8 Å². The van der Waals surface area contributed by atoms with Crippen molar-refractivity contribution in [2.24, 2.45) is 5.73 Å². The van der Waals surface area contributed by atoms with E-state index in [2.05, 4.69) is 4.52 Å². The number of phosphoric ester groups is 1. The minimum absolute atomic E-state index is 0.0562. The number of benzene rings is 1. The number of hydrogen-bond acceptors (Lipinski definition) is 4. The molecule has 0 aliphatic rings. The molecule has 1 atom stereocenters. The highest BCUT2D eigenvalue weighted by atomic mass is 31.2. The summed E-state index contributed by atoms with van der Waals surface area (Å²) < 4.78 is 14.9. The van der Waals surface area contributed by atoms with Gasteiger partial charge in [0.25, 0.3) is 0 Å². The summed E-state index contributed by atoms with van der Waals surface area (Å²) >= 11 is 0. The van der Waals surface area contributed by atoms with Crippen LogP contribution in [0.25, 0.3) is 0 Å². The summed E-state index contributed by atoms with van der Waals surface area (Å²) in [4.78, 5) is 27.3. The van der Waals surface area contributed by atoms with Gasteiger partial charge in [-0.15, -0.1) is 0 Å². The molecule has 4 N–H and O–H groups in total. The van der Waals surface area contributed by atoms with Crippen LogP contribution < -0.4 is 10.3 Å². The fourth-order valence-electron chi connectivity index (χ4n) is 1.12. The molecule has 1 aromatic carbocycles. The van der Waals surface area contributed by atoms with E-state index in [1.165, 1.54) is 12.1 Å². The Hall–Kier alpha value is -1.20. The van der Waals surface area contributed by atoms with E-state index in [1.54, 1.807) is 18.4 Å². The van der Waals surface area contributed by atoms with Crippen LogP contribution in [0.4, 0.5) is 0 Å². The summed E-state index contributed by atoms with van der Waals surface area (Å²) in [5.74, 6) is 0.0562. The molecule has 0 spiro atoms. The summed E-state index contributed by atoms with van der Waals surface area (Å²) in [6, 6.07) is 5.23. The second-order valence-corrected chi connectivity index (χ2v) is 4.32. The molecule has 16 heavy (non-hydrogen) atoms. The summed E-state index contributed by atoms with van der Waals surface area (Å²) in [6.45, 7) is 0. The van der Waals surface area contributed by atoms with Crippen molar-refractivity contribution in [1.82, 2.24) is 0 Å². The van der Waals surface area contributed by atoms with Gasteiger partial charge in [-0.3, -0.25) is 14.6 Å². The van der Waals surface area contributed by atoms with Crippen molar-refractivity contribution in [2.45, 2.75) is 12.5 Å². The Morgan fingerprint density at radius 1 is 1.38 bits per heavy atom. The van der Waals surface area contributed by atoms with Crippen LogP contribution in [0.1, 0.15) is 5.56 Å². The first-order chi connectivity index (χ1) is 7.40. The van der Waals surface area contributed by atoms with Crippen LogP contribution in [0, 0.1) is 0 Å². The molecule has 0 aromatic heterocycles. The van der Waals surface area contributed by atoms with Crippen molar-refractivity contribution in [2.75, 3.05) is 0 Å². The van der Waals surface area contributed by atoms with E-state index in [1.807, 2.05) is 0 Å². The fraction of sp³-hybridized carbons (Fsp3) is 0.222. The zero-order chi connectivity index (χ0) is 12.2. The zero-order valence-corrected chi connectivity index (χ0v) is 9.13. The number of hydrogen-bond donors (Lipinski definition) is 3. The average molecular weight is 244 g/mol. The largest absolute Gasteiger partial charge is 0.524 e. The first-order valence-corrected chi connectivity index (χ1v) is 5.91. The molecule has 1 unspecified atom stereocenters. The van der Waals surface area contributed by atoms with Crippen LogP contribution >= 0.6 is 7.82 Å². The monoisotopic (exact) mass is 244 g/mol. The number of carbonyl (C=O) groups excluding carboxylic acids is 1. The predicted octanol–water partition coefficient (Wildman–Crippen LogP) is 0.138. The summed E-state index contributed by atoms with van der Waals surface area (Å²) in [5.41, 5.74) is 6.12. The highest BCUT2D eigenvalue weighted by Crippen LogP contribution is 2.37. The zero-order valence-electron chi connectivity index (χ0n) is 8.24. The van der Waals surface area contributed by atoms with Gasteiger partial charge in [0.2, 0.25) is 6.29 Å². The molecule has 0 heterocycles. The molecule has 6 nitrogen and oxygen atoms in total. The SMILES string of the molecule is NC([C]=O)Cc1ccc(OP(=O)(O)O)cc1. The fourth-order valence-corrected chi connectivity index (χ4v) is 1.52. The molecule has 0 amide bonds. The molecular weight excluding hydrogens is 233 g/mol. The Kier molecular flexibility index (Phi) is 4.20. The lowest BCUT2D eigenvalue weighted by molar-refractivity contribution is 0.283. The van der Waals surface area contributed by atoms with Gasteiger partial charge < -0.3 is 10.3 Å². The van der Waals surface area contributed by atoms with Crippen LogP contribution in [0.2, 0.25) is 0 Å². The quantitative estimate of drug-likeness (QED) is 0.635. The number of nitrogens with two attached hydrogens (primary N) is 1. The Morgan fingerprint density at radius 3 is 2.38 bits per heavy atom. The molecule has 0 aliphatic heterocycles. The number of phosphoric acid groups is 1. The minimum atomic E-state index is -4.52. The van der Waals surface area contributed by atoms with Crippen molar-refractivity contribution in [3.8, 4) is 5.75 Å². The van der Waals surface area contributed by atoms with E-state index in [4.69, 9.17) is 15.5 Å². The van der Waals surface area contributed by atoms with Crippen molar-refractivity contribution < 1.29 is 23.7 Å². The second-order valence-electron chi connectivity index (χ2n) is 3.15. The Morgan fingerprint density at radius 2 is 1.94 bits per heavy atom. The van der Waals surface area contributed by atoms with Crippen LogP contribution in [-0.4, -0.2) is 22.1 Å². The van der Waals surface area contributed by atoms with Crippen LogP contribution in [0.5, 0.6) is 5.75 Å². The molecule has 7 heteroatoms. The van der Waals surface area contributed by atoms with Crippen molar-refractivity contribution >= 4 is 14.1 Å². The molecule has 1 radical (unpaired) electrons. The molecule has 0 aliphatic carbocycles. The lowest BCUT2D eigenvalue weighted by atomic mass is 10.1. The molecular formula is C9H11NO5P. The maximum atomic E-state index is 10.5. The van der Waals surface area contributed by atoms with Gasteiger partial charge in [0, 0.05) is 0 Å². The van der Waals surface area contributed by atoms with Crippen molar-refractivity contribution in [1.29, 1.82) is 0 Å². The smallest absolute Gasteiger partial charge is 0.404 e. The lowest BCUT2D eigenvalue weighted by Crippen LogP contribution is -2.23. The van der Waals surface area contributed by atoms with Crippen LogP contribution in [-0.2, 0) is 15.8 Å². The number of rotatable bonds is 5. The lowest BCUT2D eigenvalue weighted by Gasteiger charge is -2.08. The first kappa shape index (κ1) is 12.9. The minimum Gasteiger partial charge on any atom is -0.404 e. The standard InChI is InChI=1S/C9H11NO5P/c10-8(6-11)5-7-1-3-9(4-2-7)15-16(12,13)14/h1-4,8H,5,10H2,(H2,12,13,14). The Bertz CT molecular complexity index is 399. The van der Waals surface area contributed by atoms with Gasteiger partial charge in [-0.1, -0.05) is 12.1 Å². The highest BCUT2D eigenvalue weighted by Gasteiger charge is 2.15. The highest BCUT2D eigenvalue weighted by molar-refractivity contribution is 7.46. The van der Waals surface area contributed by atoms with Gasteiger partial charge in [0.15, 0.2) is 0 Å². The Labute approximate surface area is 92.3 Å². The van der Waals surface area contributed by atoms with E-state index in [-0.39, 0.29) is 5.75 Å². The molecule has 87 valence electrons. The third kappa shape index (κ3) is 4.55. The molecule has 0 fully saturated rings.